The number of halogens is 1. The summed E-state index contributed by atoms with van der Waals surface area (Å²) in [6.07, 6.45) is 0. The Morgan fingerprint density at radius 3 is 2.58 bits per heavy atom. The van der Waals surface area contributed by atoms with Crippen LogP contribution in [0.3, 0.4) is 0 Å². The summed E-state index contributed by atoms with van der Waals surface area (Å²) in [6, 6.07) is 6.33. The van der Waals surface area contributed by atoms with Gasteiger partial charge in [-0.25, -0.2) is 4.39 Å². The van der Waals surface area contributed by atoms with Crippen molar-refractivity contribution in [3.8, 4) is 11.6 Å². The van der Waals surface area contributed by atoms with Crippen molar-refractivity contribution in [3.05, 3.63) is 41.3 Å². The number of methoxy groups -OCH3 is 1. The number of aliphatic hydroxyl groups is 1. The molecule has 4 nitrogen and oxygen atoms in total. The van der Waals surface area contributed by atoms with Crippen LogP contribution in [-0.2, 0) is 6.61 Å². The zero-order valence-corrected chi connectivity index (χ0v) is 11.2. The molecule has 0 saturated heterocycles. The average molecular weight is 264 g/mol. The number of hydrogen-bond acceptors (Lipinski definition) is 3. The second kappa shape index (κ2) is 5.40. The molecule has 0 aliphatic heterocycles. The molecule has 0 radical (unpaired) electrons. The van der Waals surface area contributed by atoms with E-state index in [1.807, 2.05) is 13.8 Å². The van der Waals surface area contributed by atoms with E-state index in [-0.39, 0.29) is 18.3 Å². The fourth-order valence-electron chi connectivity index (χ4n) is 2.06. The molecule has 0 saturated carbocycles. The Bertz CT molecular complexity index is 579. The van der Waals surface area contributed by atoms with Gasteiger partial charge in [-0.15, -0.1) is 0 Å². The first-order valence-corrected chi connectivity index (χ1v) is 6.11. The molecule has 1 N–H and O–H groups in total. The zero-order chi connectivity index (χ0) is 14.0. The molecule has 0 bridgehead atoms. The van der Waals surface area contributed by atoms with Gasteiger partial charge >= 0.3 is 0 Å². The summed E-state index contributed by atoms with van der Waals surface area (Å²) in [6.45, 7) is 3.74. The Labute approximate surface area is 111 Å². The quantitative estimate of drug-likeness (QED) is 0.923. The van der Waals surface area contributed by atoms with Crippen LogP contribution in [0.2, 0.25) is 0 Å². The van der Waals surface area contributed by atoms with Crippen LogP contribution in [0, 0.1) is 5.82 Å². The second-order valence-corrected chi connectivity index (χ2v) is 4.55. The van der Waals surface area contributed by atoms with E-state index >= 15 is 0 Å². The van der Waals surface area contributed by atoms with Crippen LogP contribution >= 0.6 is 0 Å². The van der Waals surface area contributed by atoms with E-state index in [0.717, 1.165) is 0 Å². The molecule has 1 heterocycles. The van der Waals surface area contributed by atoms with E-state index in [9.17, 15) is 9.50 Å². The number of aliphatic hydroxyl groups excluding tert-OH is 1. The first-order valence-electron chi connectivity index (χ1n) is 6.11. The summed E-state index contributed by atoms with van der Waals surface area (Å²) in [4.78, 5) is 0. The van der Waals surface area contributed by atoms with E-state index in [2.05, 4.69) is 5.10 Å². The Hall–Kier alpha value is -1.88. The lowest BCUT2D eigenvalue weighted by Crippen LogP contribution is -2.03. The summed E-state index contributed by atoms with van der Waals surface area (Å²) in [7, 11) is 1.48. The molecule has 102 valence electrons. The van der Waals surface area contributed by atoms with E-state index in [0.29, 0.717) is 22.8 Å². The number of aromatic nitrogens is 2. The predicted molar refractivity (Wildman–Crippen MR) is 70.1 cm³/mol. The molecule has 5 heteroatoms. The first kappa shape index (κ1) is 13.5. The minimum absolute atomic E-state index is 0.115. The lowest BCUT2D eigenvalue weighted by molar-refractivity contribution is 0.270. The molecule has 0 aliphatic carbocycles. The molecular weight excluding hydrogens is 247 g/mol. The van der Waals surface area contributed by atoms with Crippen LogP contribution in [-0.4, -0.2) is 22.0 Å². The van der Waals surface area contributed by atoms with Gasteiger partial charge in [0.05, 0.1) is 25.0 Å². The molecule has 1 aromatic carbocycles. The highest BCUT2D eigenvalue weighted by molar-refractivity contribution is 5.42. The third kappa shape index (κ3) is 2.33. The van der Waals surface area contributed by atoms with Crippen molar-refractivity contribution in [2.24, 2.45) is 0 Å². The van der Waals surface area contributed by atoms with Gasteiger partial charge in [0, 0.05) is 0 Å². The van der Waals surface area contributed by atoms with Crippen LogP contribution in [0.1, 0.15) is 31.0 Å². The molecule has 1 aromatic heterocycles. The lowest BCUT2D eigenvalue weighted by atomic mass is 10.1. The summed E-state index contributed by atoms with van der Waals surface area (Å²) < 4.78 is 20.5. The lowest BCUT2D eigenvalue weighted by Gasteiger charge is -2.07. The number of hydrogen-bond donors (Lipinski definition) is 1. The van der Waals surface area contributed by atoms with Gasteiger partial charge in [0.25, 0.3) is 0 Å². The van der Waals surface area contributed by atoms with Gasteiger partial charge in [0.15, 0.2) is 0 Å². The third-order valence-corrected chi connectivity index (χ3v) is 2.95. The van der Waals surface area contributed by atoms with E-state index in [1.54, 1.807) is 18.2 Å². The van der Waals surface area contributed by atoms with Crippen molar-refractivity contribution in [1.82, 2.24) is 9.78 Å². The van der Waals surface area contributed by atoms with E-state index < -0.39 is 0 Å². The fraction of sp³-hybridized carbons (Fsp3) is 0.357. The summed E-state index contributed by atoms with van der Waals surface area (Å²) in [5, 5.41) is 13.9. The van der Waals surface area contributed by atoms with Crippen molar-refractivity contribution in [2.75, 3.05) is 7.11 Å². The molecule has 0 amide bonds. The monoisotopic (exact) mass is 264 g/mol. The molecule has 2 aromatic rings. The molecule has 0 atom stereocenters. The third-order valence-electron chi connectivity index (χ3n) is 2.95. The largest absolute Gasteiger partial charge is 0.481 e. The normalized spacial score (nSPS) is 11.1. The van der Waals surface area contributed by atoms with Gasteiger partial charge in [-0.05, 0) is 18.1 Å². The molecule has 0 unspecified atom stereocenters. The number of para-hydroxylation sites is 1. The van der Waals surface area contributed by atoms with Crippen molar-refractivity contribution in [1.29, 1.82) is 0 Å². The molecule has 0 aliphatic rings. The van der Waals surface area contributed by atoms with Crippen molar-refractivity contribution in [2.45, 2.75) is 26.4 Å². The van der Waals surface area contributed by atoms with Gasteiger partial charge in [0.2, 0.25) is 5.88 Å². The average Bonchev–Trinajstić information content (AvgIpc) is 2.77. The number of ether oxygens (including phenoxy) is 1. The van der Waals surface area contributed by atoms with Gasteiger partial charge in [-0.2, -0.15) is 9.78 Å². The molecular formula is C14H17FN2O2. The maximum atomic E-state index is 13.9. The minimum Gasteiger partial charge on any atom is -0.481 e. The standard InChI is InChI=1S/C14H17FN2O2/c1-9(2)13-10(8-18)14(19-3)17(16-13)12-7-5-4-6-11(12)15/h4-7,9,18H,8H2,1-3H3. The molecule has 2 rings (SSSR count). The van der Waals surface area contributed by atoms with Crippen LogP contribution in [0.15, 0.2) is 24.3 Å². The van der Waals surface area contributed by atoms with Crippen LogP contribution in [0.5, 0.6) is 5.88 Å². The maximum absolute atomic E-state index is 13.9. The molecule has 0 spiro atoms. The summed E-state index contributed by atoms with van der Waals surface area (Å²) in [5.74, 6) is 0.100. The highest BCUT2D eigenvalue weighted by Gasteiger charge is 2.22. The van der Waals surface area contributed by atoms with Crippen molar-refractivity contribution >= 4 is 0 Å². The van der Waals surface area contributed by atoms with Crippen LogP contribution in [0.25, 0.3) is 5.69 Å². The smallest absolute Gasteiger partial charge is 0.222 e. The Kier molecular flexibility index (Phi) is 3.85. The minimum atomic E-state index is -0.386. The summed E-state index contributed by atoms with van der Waals surface area (Å²) >= 11 is 0. The van der Waals surface area contributed by atoms with E-state index in [1.165, 1.54) is 17.9 Å². The maximum Gasteiger partial charge on any atom is 0.222 e. The SMILES string of the molecule is COc1c(CO)c(C(C)C)nn1-c1ccccc1F. The Balaban J connectivity index is 2.67. The number of benzene rings is 1. The highest BCUT2D eigenvalue weighted by atomic mass is 19.1. The van der Waals surface area contributed by atoms with E-state index in [4.69, 9.17) is 4.74 Å². The highest BCUT2D eigenvalue weighted by Crippen LogP contribution is 2.30. The van der Waals surface area contributed by atoms with Gasteiger partial charge in [0.1, 0.15) is 11.5 Å². The predicted octanol–water partition coefficient (Wildman–Crippen LogP) is 2.64. The van der Waals surface area contributed by atoms with Gasteiger partial charge in [-0.3, -0.25) is 0 Å². The van der Waals surface area contributed by atoms with Crippen molar-refractivity contribution < 1.29 is 14.2 Å². The van der Waals surface area contributed by atoms with Gasteiger partial charge < -0.3 is 9.84 Å². The van der Waals surface area contributed by atoms with Crippen molar-refractivity contribution in [3.63, 3.8) is 0 Å². The zero-order valence-electron chi connectivity index (χ0n) is 11.2. The molecule has 19 heavy (non-hydrogen) atoms. The van der Waals surface area contributed by atoms with Crippen LogP contribution < -0.4 is 4.74 Å². The molecule has 0 fully saturated rings. The first-order chi connectivity index (χ1) is 9.10. The van der Waals surface area contributed by atoms with Gasteiger partial charge in [-0.1, -0.05) is 26.0 Å². The topological polar surface area (TPSA) is 47.3 Å². The number of nitrogens with zero attached hydrogens (tertiary/aromatic N) is 2. The second-order valence-electron chi connectivity index (χ2n) is 4.55. The Morgan fingerprint density at radius 1 is 1.37 bits per heavy atom. The summed E-state index contributed by atoms with van der Waals surface area (Å²) in [5.41, 5.74) is 1.62. The fourth-order valence-corrected chi connectivity index (χ4v) is 2.06. The number of rotatable bonds is 4. The Morgan fingerprint density at radius 2 is 2.05 bits per heavy atom. The van der Waals surface area contributed by atoms with Crippen LogP contribution in [0.4, 0.5) is 4.39 Å².